The van der Waals surface area contributed by atoms with Crippen LogP contribution in [0, 0.1) is 5.92 Å². The van der Waals surface area contributed by atoms with E-state index in [0.29, 0.717) is 37.2 Å². The third kappa shape index (κ3) is 6.97. The molecule has 3 amide bonds. The molecule has 1 aromatic carbocycles. The number of nitrogens with zero attached hydrogens (tertiary/aromatic N) is 2. The van der Waals surface area contributed by atoms with Gasteiger partial charge in [0.05, 0.1) is 0 Å². The van der Waals surface area contributed by atoms with Crippen LogP contribution in [0.2, 0.25) is 0 Å². The molecule has 2 heterocycles. The molecule has 2 aliphatic rings. The molecular weight excluding hydrogens is 430 g/mol. The highest BCUT2D eigenvalue weighted by molar-refractivity contribution is 5.94. The maximum absolute atomic E-state index is 12.9. The average Bonchev–Trinajstić information content (AvgIpc) is 2.85. The number of rotatable bonds is 9. The van der Waals surface area contributed by atoms with Crippen molar-refractivity contribution in [3.05, 3.63) is 29.8 Å². The SMILES string of the molecule is CCCCCNC(=O)C1CCN(C(=O)c2ccc(OCC(=O)N3C(C)CCCC3C)cc2)CC1. The largest absolute Gasteiger partial charge is 0.484 e. The van der Waals surface area contributed by atoms with Gasteiger partial charge in [0.2, 0.25) is 5.91 Å². The Bertz CT molecular complexity index is 808. The Morgan fingerprint density at radius 1 is 0.971 bits per heavy atom. The average molecular weight is 472 g/mol. The minimum absolute atomic E-state index is 0.00988. The number of ether oxygens (including phenoxy) is 1. The van der Waals surface area contributed by atoms with Crippen LogP contribution < -0.4 is 10.1 Å². The van der Waals surface area contributed by atoms with Crippen molar-refractivity contribution in [2.45, 2.75) is 84.2 Å². The summed E-state index contributed by atoms with van der Waals surface area (Å²) in [4.78, 5) is 41.6. The molecule has 2 fully saturated rings. The van der Waals surface area contributed by atoms with Crippen molar-refractivity contribution in [1.82, 2.24) is 15.1 Å². The molecule has 2 aliphatic heterocycles. The fourth-order valence-corrected chi connectivity index (χ4v) is 5.08. The number of carbonyl (C=O) groups is 3. The van der Waals surface area contributed by atoms with E-state index in [1.54, 1.807) is 24.3 Å². The van der Waals surface area contributed by atoms with Gasteiger partial charge in [-0.05, 0) is 76.6 Å². The Kier molecular flexibility index (Phi) is 9.78. The van der Waals surface area contributed by atoms with Crippen LogP contribution in [0.5, 0.6) is 5.75 Å². The second kappa shape index (κ2) is 12.8. The van der Waals surface area contributed by atoms with E-state index in [2.05, 4.69) is 26.1 Å². The fourth-order valence-electron chi connectivity index (χ4n) is 5.08. The van der Waals surface area contributed by atoms with Crippen LogP contribution in [0.3, 0.4) is 0 Å². The summed E-state index contributed by atoms with van der Waals surface area (Å²) in [5, 5.41) is 3.03. The first-order valence-electron chi connectivity index (χ1n) is 13.0. The summed E-state index contributed by atoms with van der Waals surface area (Å²) in [6.45, 7) is 8.26. The van der Waals surface area contributed by atoms with E-state index >= 15 is 0 Å². The monoisotopic (exact) mass is 471 g/mol. The normalized spacial score (nSPS) is 21.3. The van der Waals surface area contributed by atoms with Crippen LogP contribution in [-0.2, 0) is 9.59 Å². The number of benzene rings is 1. The zero-order valence-electron chi connectivity index (χ0n) is 21.1. The van der Waals surface area contributed by atoms with Gasteiger partial charge in [-0.3, -0.25) is 14.4 Å². The van der Waals surface area contributed by atoms with E-state index in [4.69, 9.17) is 4.74 Å². The molecule has 1 aromatic rings. The highest BCUT2D eigenvalue weighted by Gasteiger charge is 2.29. The van der Waals surface area contributed by atoms with Crippen LogP contribution in [0.1, 0.15) is 82.5 Å². The number of piperidine rings is 2. The zero-order valence-corrected chi connectivity index (χ0v) is 21.1. The number of carbonyl (C=O) groups excluding carboxylic acids is 3. The van der Waals surface area contributed by atoms with Crippen LogP contribution >= 0.6 is 0 Å². The number of likely N-dealkylation sites (tertiary alicyclic amines) is 2. The molecule has 0 aliphatic carbocycles. The molecule has 0 radical (unpaired) electrons. The van der Waals surface area contributed by atoms with Gasteiger partial charge in [-0.25, -0.2) is 0 Å². The summed E-state index contributed by atoms with van der Waals surface area (Å²) in [5.74, 6) is 0.676. The molecule has 0 bridgehead atoms. The van der Waals surface area contributed by atoms with Gasteiger partial charge >= 0.3 is 0 Å². The van der Waals surface area contributed by atoms with Crippen molar-refractivity contribution < 1.29 is 19.1 Å². The second-order valence-corrected chi connectivity index (χ2v) is 9.81. The van der Waals surface area contributed by atoms with Crippen LogP contribution in [0.25, 0.3) is 0 Å². The van der Waals surface area contributed by atoms with Gasteiger partial charge < -0.3 is 19.9 Å². The third-order valence-corrected chi connectivity index (χ3v) is 7.18. The summed E-state index contributed by atoms with van der Waals surface area (Å²) in [5.41, 5.74) is 0.597. The van der Waals surface area contributed by atoms with E-state index in [-0.39, 0.29) is 42.3 Å². The van der Waals surface area contributed by atoms with Crippen LogP contribution in [-0.4, -0.2) is 65.8 Å². The first-order valence-corrected chi connectivity index (χ1v) is 13.0. The van der Waals surface area contributed by atoms with Gasteiger partial charge in [0, 0.05) is 43.2 Å². The Labute approximate surface area is 204 Å². The molecule has 188 valence electrons. The number of nitrogens with one attached hydrogen (secondary N) is 1. The lowest BCUT2D eigenvalue weighted by atomic mass is 9.95. The fraction of sp³-hybridized carbons (Fsp3) is 0.667. The summed E-state index contributed by atoms with van der Waals surface area (Å²) in [6, 6.07) is 7.49. The molecule has 2 saturated heterocycles. The zero-order chi connectivity index (χ0) is 24.5. The Hall–Kier alpha value is -2.57. The number of hydrogen-bond acceptors (Lipinski definition) is 4. The number of amides is 3. The van der Waals surface area contributed by atoms with Gasteiger partial charge in [0.25, 0.3) is 11.8 Å². The molecule has 2 atom stereocenters. The molecule has 1 N–H and O–H groups in total. The molecule has 7 nitrogen and oxygen atoms in total. The highest BCUT2D eigenvalue weighted by atomic mass is 16.5. The lowest BCUT2D eigenvalue weighted by Crippen LogP contribution is -2.49. The van der Waals surface area contributed by atoms with Crippen molar-refractivity contribution >= 4 is 17.7 Å². The molecule has 3 rings (SSSR count). The van der Waals surface area contributed by atoms with E-state index in [1.807, 2.05) is 9.80 Å². The first-order chi connectivity index (χ1) is 16.4. The summed E-state index contributed by atoms with van der Waals surface area (Å²) in [6.07, 6.45) is 7.91. The molecule has 34 heavy (non-hydrogen) atoms. The van der Waals surface area contributed by atoms with Crippen LogP contribution in [0.4, 0.5) is 0 Å². The van der Waals surface area contributed by atoms with E-state index < -0.39 is 0 Å². The van der Waals surface area contributed by atoms with Crippen molar-refractivity contribution in [2.75, 3.05) is 26.2 Å². The number of hydrogen-bond donors (Lipinski definition) is 1. The molecule has 2 unspecified atom stereocenters. The van der Waals surface area contributed by atoms with Crippen molar-refractivity contribution in [2.24, 2.45) is 5.92 Å². The Morgan fingerprint density at radius 2 is 1.62 bits per heavy atom. The molecule has 0 aromatic heterocycles. The van der Waals surface area contributed by atoms with E-state index in [0.717, 1.165) is 45.1 Å². The van der Waals surface area contributed by atoms with Crippen LogP contribution in [0.15, 0.2) is 24.3 Å². The minimum atomic E-state index is -0.0274. The second-order valence-electron chi connectivity index (χ2n) is 9.81. The molecular formula is C27H41N3O4. The lowest BCUT2D eigenvalue weighted by Gasteiger charge is -2.38. The maximum Gasteiger partial charge on any atom is 0.260 e. The first kappa shape index (κ1) is 26.0. The predicted molar refractivity (Wildman–Crippen MR) is 133 cm³/mol. The van der Waals surface area contributed by atoms with Gasteiger partial charge in [-0.2, -0.15) is 0 Å². The Morgan fingerprint density at radius 3 is 2.24 bits per heavy atom. The highest BCUT2D eigenvalue weighted by Crippen LogP contribution is 2.23. The Balaban J connectivity index is 1.43. The predicted octanol–water partition coefficient (Wildman–Crippen LogP) is 4.01. The van der Waals surface area contributed by atoms with Gasteiger partial charge in [0.1, 0.15) is 5.75 Å². The van der Waals surface area contributed by atoms with Gasteiger partial charge in [-0.15, -0.1) is 0 Å². The maximum atomic E-state index is 12.9. The van der Waals surface area contributed by atoms with Crippen molar-refractivity contribution in [3.63, 3.8) is 0 Å². The van der Waals surface area contributed by atoms with Gasteiger partial charge in [0.15, 0.2) is 6.61 Å². The summed E-state index contributed by atoms with van der Waals surface area (Å²) in [7, 11) is 0. The van der Waals surface area contributed by atoms with Crippen molar-refractivity contribution in [1.29, 1.82) is 0 Å². The third-order valence-electron chi connectivity index (χ3n) is 7.18. The minimum Gasteiger partial charge on any atom is -0.484 e. The van der Waals surface area contributed by atoms with E-state index in [1.165, 1.54) is 0 Å². The number of unbranched alkanes of at least 4 members (excludes halogenated alkanes) is 2. The topological polar surface area (TPSA) is 79.0 Å². The summed E-state index contributed by atoms with van der Waals surface area (Å²) < 4.78 is 5.73. The van der Waals surface area contributed by atoms with E-state index in [9.17, 15) is 14.4 Å². The summed E-state index contributed by atoms with van der Waals surface area (Å²) >= 11 is 0. The molecule has 0 spiro atoms. The standard InChI is InChI=1S/C27H41N3O4/c1-4-5-6-16-28-26(32)22-14-17-29(18-15-22)27(33)23-10-12-24(13-11-23)34-19-25(31)30-20(2)8-7-9-21(30)3/h10-13,20-22H,4-9,14-19H2,1-3H3,(H,28,32). The smallest absolute Gasteiger partial charge is 0.260 e. The van der Waals surface area contributed by atoms with Gasteiger partial charge in [-0.1, -0.05) is 19.8 Å². The molecule has 0 saturated carbocycles. The van der Waals surface area contributed by atoms with Crippen molar-refractivity contribution in [3.8, 4) is 5.75 Å². The molecule has 7 heteroatoms. The quantitative estimate of drug-likeness (QED) is 0.552. The lowest BCUT2D eigenvalue weighted by molar-refractivity contribution is -0.139.